The molecule has 1 aliphatic rings. The van der Waals surface area contributed by atoms with Gasteiger partial charge in [0.15, 0.2) is 0 Å². The van der Waals surface area contributed by atoms with E-state index in [1.807, 2.05) is 0 Å². The Morgan fingerprint density at radius 3 is 2.78 bits per heavy atom. The Labute approximate surface area is 109 Å². The van der Waals surface area contributed by atoms with Crippen molar-refractivity contribution in [1.29, 1.82) is 0 Å². The first-order valence-corrected chi connectivity index (χ1v) is 6.65. The maximum Gasteiger partial charge on any atom is 0.223 e. The molecule has 3 N–H and O–H groups in total. The largest absolute Gasteiger partial charge is 0.352 e. The summed E-state index contributed by atoms with van der Waals surface area (Å²) in [6, 6.07) is 6.53. The molecular weight excluding hydrogens is 224 g/mol. The van der Waals surface area contributed by atoms with Crippen LogP contribution in [0.25, 0.3) is 0 Å². The normalized spacial score (nSPS) is 23.1. The van der Waals surface area contributed by atoms with E-state index in [0.717, 1.165) is 19.3 Å². The van der Waals surface area contributed by atoms with Crippen molar-refractivity contribution < 1.29 is 4.79 Å². The van der Waals surface area contributed by atoms with Gasteiger partial charge in [-0.1, -0.05) is 23.8 Å². The zero-order valence-electron chi connectivity index (χ0n) is 11.2. The Balaban J connectivity index is 1.89. The van der Waals surface area contributed by atoms with Crippen molar-refractivity contribution in [3.05, 3.63) is 34.9 Å². The van der Waals surface area contributed by atoms with Crippen molar-refractivity contribution >= 4 is 5.91 Å². The number of hydrogen-bond acceptors (Lipinski definition) is 2. The van der Waals surface area contributed by atoms with E-state index in [1.54, 1.807) is 0 Å². The highest BCUT2D eigenvalue weighted by atomic mass is 16.1. The van der Waals surface area contributed by atoms with E-state index in [9.17, 15) is 4.79 Å². The fraction of sp³-hybridized carbons (Fsp3) is 0.533. The van der Waals surface area contributed by atoms with E-state index < -0.39 is 0 Å². The molecule has 1 aromatic rings. The molecule has 0 aliphatic heterocycles. The van der Waals surface area contributed by atoms with Crippen LogP contribution in [0.15, 0.2) is 18.2 Å². The summed E-state index contributed by atoms with van der Waals surface area (Å²) in [6.07, 6.45) is 2.74. The summed E-state index contributed by atoms with van der Waals surface area (Å²) < 4.78 is 0. The summed E-state index contributed by atoms with van der Waals surface area (Å²) in [7, 11) is 0. The summed E-state index contributed by atoms with van der Waals surface area (Å²) in [5, 5.41) is 3.03. The van der Waals surface area contributed by atoms with E-state index in [-0.39, 0.29) is 17.9 Å². The molecule has 0 heterocycles. The predicted octanol–water partition coefficient (Wildman–Crippen LogP) is 2.05. The number of nitrogens with one attached hydrogen (secondary N) is 1. The first kappa shape index (κ1) is 13.1. The van der Waals surface area contributed by atoms with Gasteiger partial charge in [-0.3, -0.25) is 4.79 Å². The van der Waals surface area contributed by atoms with E-state index in [1.165, 1.54) is 16.7 Å². The number of hydrogen-bond donors (Lipinski definition) is 2. The van der Waals surface area contributed by atoms with Crippen molar-refractivity contribution in [2.24, 2.45) is 11.7 Å². The first-order chi connectivity index (χ1) is 8.56. The smallest absolute Gasteiger partial charge is 0.223 e. The van der Waals surface area contributed by atoms with E-state index in [4.69, 9.17) is 5.73 Å². The van der Waals surface area contributed by atoms with Gasteiger partial charge in [-0.05, 0) is 44.2 Å². The lowest BCUT2D eigenvalue weighted by Gasteiger charge is -2.12. The molecule has 2 atom stereocenters. The van der Waals surface area contributed by atoms with Crippen LogP contribution in [0.1, 0.15) is 36.0 Å². The lowest BCUT2D eigenvalue weighted by Crippen LogP contribution is -2.30. The molecule has 0 aromatic heterocycles. The Bertz CT molecular complexity index is 442. The zero-order valence-corrected chi connectivity index (χ0v) is 11.2. The van der Waals surface area contributed by atoms with Crippen LogP contribution in [0.2, 0.25) is 0 Å². The number of carbonyl (C=O) groups excluding carboxylic acids is 1. The molecule has 98 valence electrons. The number of aryl methyl sites for hydroxylation is 2. The first-order valence-electron chi connectivity index (χ1n) is 6.65. The highest BCUT2D eigenvalue weighted by Crippen LogP contribution is 2.24. The van der Waals surface area contributed by atoms with Crippen LogP contribution in [0.5, 0.6) is 0 Å². The number of carbonyl (C=O) groups is 1. The SMILES string of the molecule is Cc1ccc(CNC(=O)C2CCC(N)C2)c(C)c1. The van der Waals surface area contributed by atoms with Gasteiger partial charge in [0.2, 0.25) is 5.91 Å². The predicted molar refractivity (Wildman–Crippen MR) is 73.1 cm³/mol. The lowest BCUT2D eigenvalue weighted by molar-refractivity contribution is -0.125. The maximum atomic E-state index is 12.0. The number of benzene rings is 1. The highest BCUT2D eigenvalue weighted by molar-refractivity contribution is 5.79. The van der Waals surface area contributed by atoms with Gasteiger partial charge in [0.25, 0.3) is 0 Å². The number of amides is 1. The minimum absolute atomic E-state index is 0.116. The van der Waals surface area contributed by atoms with Crippen LogP contribution < -0.4 is 11.1 Å². The van der Waals surface area contributed by atoms with Crippen LogP contribution in [-0.2, 0) is 11.3 Å². The summed E-state index contributed by atoms with van der Waals surface area (Å²) in [5.41, 5.74) is 9.51. The second kappa shape index (κ2) is 5.53. The van der Waals surface area contributed by atoms with Crippen LogP contribution in [0.4, 0.5) is 0 Å². The van der Waals surface area contributed by atoms with Gasteiger partial charge in [0, 0.05) is 18.5 Å². The molecule has 0 radical (unpaired) electrons. The third-order valence-electron chi connectivity index (χ3n) is 3.80. The van der Waals surface area contributed by atoms with Crippen LogP contribution >= 0.6 is 0 Å². The van der Waals surface area contributed by atoms with Crippen molar-refractivity contribution in [2.75, 3.05) is 0 Å². The molecule has 1 aromatic carbocycles. The maximum absolute atomic E-state index is 12.0. The zero-order chi connectivity index (χ0) is 13.1. The summed E-state index contributed by atoms with van der Waals surface area (Å²) >= 11 is 0. The van der Waals surface area contributed by atoms with Gasteiger partial charge >= 0.3 is 0 Å². The quantitative estimate of drug-likeness (QED) is 0.857. The highest BCUT2D eigenvalue weighted by Gasteiger charge is 2.27. The molecule has 0 bridgehead atoms. The van der Waals surface area contributed by atoms with E-state index in [2.05, 4.69) is 37.4 Å². The van der Waals surface area contributed by atoms with E-state index in [0.29, 0.717) is 6.54 Å². The summed E-state index contributed by atoms with van der Waals surface area (Å²) in [5.74, 6) is 0.272. The van der Waals surface area contributed by atoms with Gasteiger partial charge in [-0.25, -0.2) is 0 Å². The van der Waals surface area contributed by atoms with Crippen molar-refractivity contribution in [1.82, 2.24) is 5.32 Å². The third-order valence-corrected chi connectivity index (χ3v) is 3.80. The second-order valence-corrected chi connectivity index (χ2v) is 5.42. The molecule has 3 heteroatoms. The monoisotopic (exact) mass is 246 g/mol. The molecule has 1 fully saturated rings. The molecule has 1 saturated carbocycles. The minimum Gasteiger partial charge on any atom is -0.352 e. The molecule has 1 aliphatic carbocycles. The molecule has 3 nitrogen and oxygen atoms in total. The Morgan fingerprint density at radius 2 is 2.17 bits per heavy atom. The molecule has 0 spiro atoms. The Kier molecular flexibility index (Phi) is 4.02. The fourth-order valence-electron chi connectivity index (χ4n) is 2.63. The Hall–Kier alpha value is -1.35. The minimum atomic E-state index is 0.116. The van der Waals surface area contributed by atoms with Crippen LogP contribution in [-0.4, -0.2) is 11.9 Å². The summed E-state index contributed by atoms with van der Waals surface area (Å²) in [4.78, 5) is 12.0. The third kappa shape index (κ3) is 3.10. The van der Waals surface area contributed by atoms with Crippen LogP contribution in [0, 0.1) is 19.8 Å². The average molecular weight is 246 g/mol. The van der Waals surface area contributed by atoms with Crippen molar-refractivity contribution in [2.45, 2.75) is 45.7 Å². The number of rotatable bonds is 3. The lowest BCUT2D eigenvalue weighted by atomic mass is 10.0. The van der Waals surface area contributed by atoms with Gasteiger partial charge in [-0.2, -0.15) is 0 Å². The van der Waals surface area contributed by atoms with E-state index >= 15 is 0 Å². The molecule has 0 saturated heterocycles. The fourth-order valence-corrected chi connectivity index (χ4v) is 2.63. The molecule has 2 rings (SSSR count). The second-order valence-electron chi connectivity index (χ2n) is 5.42. The topological polar surface area (TPSA) is 55.1 Å². The van der Waals surface area contributed by atoms with Crippen molar-refractivity contribution in [3.8, 4) is 0 Å². The van der Waals surface area contributed by atoms with Crippen molar-refractivity contribution in [3.63, 3.8) is 0 Å². The summed E-state index contributed by atoms with van der Waals surface area (Å²) in [6.45, 7) is 4.78. The van der Waals surface area contributed by atoms with Crippen LogP contribution in [0.3, 0.4) is 0 Å². The average Bonchev–Trinajstić information content (AvgIpc) is 2.74. The van der Waals surface area contributed by atoms with Gasteiger partial charge in [0.05, 0.1) is 0 Å². The van der Waals surface area contributed by atoms with Gasteiger partial charge in [0.1, 0.15) is 0 Å². The Morgan fingerprint density at radius 1 is 1.39 bits per heavy atom. The van der Waals surface area contributed by atoms with Gasteiger partial charge < -0.3 is 11.1 Å². The molecule has 2 unspecified atom stereocenters. The standard InChI is InChI=1S/C15H22N2O/c1-10-3-4-13(11(2)7-10)9-17-15(18)12-5-6-14(16)8-12/h3-4,7,12,14H,5-6,8-9,16H2,1-2H3,(H,17,18). The molecule has 18 heavy (non-hydrogen) atoms. The number of nitrogens with two attached hydrogens (primary N) is 1. The molecule has 1 amide bonds. The molecular formula is C15H22N2O. The van der Waals surface area contributed by atoms with Gasteiger partial charge in [-0.15, -0.1) is 0 Å².